The third kappa shape index (κ3) is 4.85. The molecule has 2 aromatic carbocycles. The second-order valence-electron chi connectivity index (χ2n) is 8.34. The molecule has 0 bridgehead atoms. The first kappa shape index (κ1) is 23.2. The van der Waals surface area contributed by atoms with Crippen molar-refractivity contribution >= 4 is 51.0 Å². The molecule has 33 heavy (non-hydrogen) atoms. The Hall–Kier alpha value is -3.00. The maximum Gasteiger partial charge on any atom is 0.338 e. The molecule has 1 N–H and O–H groups in total. The van der Waals surface area contributed by atoms with Gasteiger partial charge in [-0.3, -0.25) is 19.3 Å². The van der Waals surface area contributed by atoms with Gasteiger partial charge in [0.25, 0.3) is 5.91 Å². The fraction of sp³-hybridized carbons (Fsp3) is 0.360. The number of imide groups is 1. The summed E-state index contributed by atoms with van der Waals surface area (Å²) in [5.41, 5.74) is 2.16. The van der Waals surface area contributed by atoms with Crippen molar-refractivity contribution in [2.45, 2.75) is 39.0 Å². The predicted octanol–water partition coefficient (Wildman–Crippen LogP) is 4.49. The van der Waals surface area contributed by atoms with E-state index in [4.69, 9.17) is 4.74 Å². The second-order valence-corrected chi connectivity index (χ2v) is 9.25. The zero-order valence-corrected chi connectivity index (χ0v) is 19.9. The molecule has 3 amide bonds. The number of carbonyl (C=O) groups is 4. The number of esters is 1. The Kier molecular flexibility index (Phi) is 6.93. The average Bonchev–Trinajstić information content (AvgIpc) is 3.08. The Labute approximate surface area is 200 Å². The molecule has 2 fully saturated rings. The standard InChI is InChI=1S/C25H25BrN2O5/c1-2-15-12-17(26)10-11-21(15)27-22(29)14-33-25(32)16-6-5-7-18(13-16)28-23(30)19-8-3-4-9-20(19)24(28)31/h5-7,10-13,19-20H,2-4,8-9,14H2,1H3,(H,27,29)/t19-,20-/m1/s1. The minimum atomic E-state index is -0.699. The quantitative estimate of drug-likeness (QED) is 0.454. The van der Waals surface area contributed by atoms with Gasteiger partial charge < -0.3 is 10.1 Å². The molecule has 0 spiro atoms. The lowest BCUT2D eigenvalue weighted by Gasteiger charge is -2.19. The van der Waals surface area contributed by atoms with Crippen LogP contribution in [-0.2, 0) is 25.5 Å². The SMILES string of the molecule is CCc1cc(Br)ccc1NC(=O)COC(=O)c1cccc(N2C(=O)[C@@H]3CCCC[C@H]3C2=O)c1. The molecular weight excluding hydrogens is 488 g/mol. The van der Waals surface area contributed by atoms with Crippen LogP contribution in [0.25, 0.3) is 0 Å². The van der Waals surface area contributed by atoms with Crippen molar-refractivity contribution in [2.75, 3.05) is 16.8 Å². The van der Waals surface area contributed by atoms with Gasteiger partial charge in [0, 0.05) is 10.2 Å². The molecule has 2 aliphatic rings. The average molecular weight is 513 g/mol. The van der Waals surface area contributed by atoms with Gasteiger partial charge in [0.1, 0.15) is 0 Å². The van der Waals surface area contributed by atoms with Gasteiger partial charge in [-0.2, -0.15) is 0 Å². The van der Waals surface area contributed by atoms with E-state index in [2.05, 4.69) is 21.2 Å². The summed E-state index contributed by atoms with van der Waals surface area (Å²) in [6, 6.07) is 11.8. The van der Waals surface area contributed by atoms with Crippen molar-refractivity contribution in [3.8, 4) is 0 Å². The lowest BCUT2D eigenvalue weighted by atomic mass is 9.81. The largest absolute Gasteiger partial charge is 0.452 e. The zero-order valence-electron chi connectivity index (χ0n) is 18.3. The lowest BCUT2D eigenvalue weighted by Crippen LogP contribution is -2.31. The molecular formula is C25H25BrN2O5. The van der Waals surface area contributed by atoms with Gasteiger partial charge in [0.15, 0.2) is 6.61 Å². The fourth-order valence-corrected chi connectivity index (χ4v) is 4.97. The van der Waals surface area contributed by atoms with Crippen molar-refractivity contribution in [2.24, 2.45) is 11.8 Å². The summed E-state index contributed by atoms with van der Waals surface area (Å²) in [6.45, 7) is 1.53. The first-order chi connectivity index (χ1) is 15.9. The van der Waals surface area contributed by atoms with E-state index in [1.807, 2.05) is 19.1 Å². The highest BCUT2D eigenvalue weighted by Crippen LogP contribution is 2.40. The summed E-state index contributed by atoms with van der Waals surface area (Å²) in [5, 5.41) is 2.76. The van der Waals surface area contributed by atoms with E-state index < -0.39 is 18.5 Å². The van der Waals surface area contributed by atoms with Crippen molar-refractivity contribution < 1.29 is 23.9 Å². The molecule has 1 saturated carbocycles. The van der Waals surface area contributed by atoms with Crippen LogP contribution >= 0.6 is 15.9 Å². The Morgan fingerprint density at radius 2 is 1.76 bits per heavy atom. The van der Waals surface area contributed by atoms with Crippen LogP contribution in [0, 0.1) is 11.8 Å². The number of benzene rings is 2. The van der Waals surface area contributed by atoms with Gasteiger partial charge in [-0.05, 0) is 61.2 Å². The van der Waals surface area contributed by atoms with Crippen LogP contribution < -0.4 is 10.2 Å². The number of fused-ring (bicyclic) bond motifs is 1. The van der Waals surface area contributed by atoms with Gasteiger partial charge in [-0.15, -0.1) is 0 Å². The highest BCUT2D eigenvalue weighted by atomic mass is 79.9. The van der Waals surface area contributed by atoms with E-state index >= 15 is 0 Å². The summed E-state index contributed by atoms with van der Waals surface area (Å²) in [6.07, 6.45) is 4.07. The molecule has 7 nitrogen and oxygen atoms in total. The highest BCUT2D eigenvalue weighted by molar-refractivity contribution is 9.10. The summed E-state index contributed by atoms with van der Waals surface area (Å²) in [5.74, 6) is -2.08. The number of ether oxygens (including phenoxy) is 1. The first-order valence-electron chi connectivity index (χ1n) is 11.1. The number of halogens is 1. The lowest BCUT2D eigenvalue weighted by molar-refractivity contribution is -0.122. The van der Waals surface area contributed by atoms with Crippen LogP contribution in [0.3, 0.4) is 0 Å². The van der Waals surface area contributed by atoms with Crippen molar-refractivity contribution in [3.63, 3.8) is 0 Å². The van der Waals surface area contributed by atoms with Crippen LogP contribution in [0.2, 0.25) is 0 Å². The predicted molar refractivity (Wildman–Crippen MR) is 127 cm³/mol. The molecule has 172 valence electrons. The molecule has 8 heteroatoms. The van der Waals surface area contributed by atoms with E-state index in [0.717, 1.165) is 42.1 Å². The Bertz CT molecular complexity index is 1090. The van der Waals surface area contributed by atoms with Crippen LogP contribution in [0.15, 0.2) is 46.9 Å². The molecule has 0 unspecified atom stereocenters. The number of nitrogens with zero attached hydrogens (tertiary/aromatic N) is 1. The number of hydrogen-bond donors (Lipinski definition) is 1. The van der Waals surface area contributed by atoms with E-state index in [0.29, 0.717) is 11.4 Å². The number of anilines is 2. The minimum absolute atomic E-state index is 0.175. The van der Waals surface area contributed by atoms with Gasteiger partial charge in [-0.25, -0.2) is 4.79 Å². The second kappa shape index (κ2) is 9.87. The molecule has 1 heterocycles. The van der Waals surface area contributed by atoms with Gasteiger partial charge in [-0.1, -0.05) is 41.8 Å². The van der Waals surface area contributed by atoms with Gasteiger partial charge in [0.05, 0.1) is 23.1 Å². The smallest absolute Gasteiger partial charge is 0.338 e. The van der Waals surface area contributed by atoms with E-state index in [1.165, 1.54) is 17.0 Å². The normalized spacial score (nSPS) is 19.9. The molecule has 1 saturated heterocycles. The molecule has 2 aromatic rings. The molecule has 0 radical (unpaired) electrons. The van der Waals surface area contributed by atoms with E-state index in [9.17, 15) is 19.2 Å². The van der Waals surface area contributed by atoms with Crippen LogP contribution in [0.4, 0.5) is 11.4 Å². The highest BCUT2D eigenvalue weighted by Gasteiger charge is 2.48. The summed E-state index contributed by atoms with van der Waals surface area (Å²) in [4.78, 5) is 51.7. The molecule has 1 aliphatic carbocycles. The van der Waals surface area contributed by atoms with E-state index in [-0.39, 0.29) is 29.2 Å². The topological polar surface area (TPSA) is 92.8 Å². The number of hydrogen-bond acceptors (Lipinski definition) is 5. The fourth-order valence-electron chi connectivity index (χ4n) is 4.57. The molecule has 0 aromatic heterocycles. The number of aryl methyl sites for hydroxylation is 1. The Morgan fingerprint density at radius 3 is 2.42 bits per heavy atom. The maximum absolute atomic E-state index is 12.8. The number of amides is 3. The van der Waals surface area contributed by atoms with Crippen molar-refractivity contribution in [1.29, 1.82) is 0 Å². The van der Waals surface area contributed by atoms with Crippen LogP contribution in [0.1, 0.15) is 48.5 Å². The van der Waals surface area contributed by atoms with Crippen LogP contribution in [0.5, 0.6) is 0 Å². The van der Waals surface area contributed by atoms with Crippen LogP contribution in [-0.4, -0.2) is 30.3 Å². The Balaban J connectivity index is 1.41. The van der Waals surface area contributed by atoms with E-state index in [1.54, 1.807) is 18.2 Å². The number of nitrogens with one attached hydrogen (secondary N) is 1. The summed E-state index contributed by atoms with van der Waals surface area (Å²) < 4.78 is 6.09. The number of carbonyl (C=O) groups excluding carboxylic acids is 4. The molecule has 2 atom stereocenters. The third-order valence-corrected chi connectivity index (χ3v) is 6.73. The van der Waals surface area contributed by atoms with Crippen molar-refractivity contribution in [1.82, 2.24) is 0 Å². The number of rotatable bonds is 6. The molecule has 4 rings (SSSR count). The first-order valence-corrected chi connectivity index (χ1v) is 11.9. The third-order valence-electron chi connectivity index (χ3n) is 6.24. The zero-order chi connectivity index (χ0) is 23.5. The summed E-state index contributed by atoms with van der Waals surface area (Å²) in [7, 11) is 0. The monoisotopic (exact) mass is 512 g/mol. The van der Waals surface area contributed by atoms with Gasteiger partial charge >= 0.3 is 5.97 Å². The van der Waals surface area contributed by atoms with Gasteiger partial charge in [0.2, 0.25) is 11.8 Å². The molecule has 1 aliphatic heterocycles. The minimum Gasteiger partial charge on any atom is -0.452 e. The maximum atomic E-state index is 12.8. The summed E-state index contributed by atoms with van der Waals surface area (Å²) >= 11 is 3.41. The van der Waals surface area contributed by atoms with Crippen molar-refractivity contribution in [3.05, 3.63) is 58.1 Å². The Morgan fingerprint density at radius 1 is 1.06 bits per heavy atom.